The minimum absolute atomic E-state index is 0.221. The number of hydrogen-bond donors (Lipinski definition) is 1. The van der Waals surface area contributed by atoms with Crippen LogP contribution in [0.2, 0.25) is 15.1 Å². The number of hydrogen-bond acceptors (Lipinski definition) is 4. The molecule has 0 aromatic heterocycles. The minimum atomic E-state index is -0.244. The fourth-order valence-electron chi connectivity index (χ4n) is 2.73. The van der Waals surface area contributed by atoms with Crippen molar-refractivity contribution >= 4 is 41.1 Å². The van der Waals surface area contributed by atoms with E-state index >= 15 is 0 Å². The van der Waals surface area contributed by atoms with Gasteiger partial charge in [0.2, 0.25) is 0 Å². The summed E-state index contributed by atoms with van der Waals surface area (Å²) in [5, 5.41) is 4.80. The predicted molar refractivity (Wildman–Crippen MR) is 98.1 cm³/mol. The third kappa shape index (κ3) is 3.14. The molecule has 0 saturated heterocycles. The Hall–Kier alpha value is -1.62. The maximum atomic E-state index is 6.42. The van der Waals surface area contributed by atoms with Crippen LogP contribution in [0.25, 0.3) is 0 Å². The fraction of sp³-hybridized carbons (Fsp3) is 0.235. The lowest BCUT2D eigenvalue weighted by molar-refractivity contribution is 0.414. The fourth-order valence-corrected chi connectivity index (χ4v) is 3.72. The summed E-state index contributed by atoms with van der Waals surface area (Å²) in [5.74, 6) is 1.29. The Morgan fingerprint density at radius 1 is 0.917 bits per heavy atom. The molecule has 126 valence electrons. The highest BCUT2D eigenvalue weighted by Crippen LogP contribution is 2.44. The highest BCUT2D eigenvalue weighted by molar-refractivity contribution is 6.36. The summed E-state index contributed by atoms with van der Waals surface area (Å²) >= 11 is 19.2. The molecule has 0 bridgehead atoms. The van der Waals surface area contributed by atoms with Gasteiger partial charge in [-0.15, -0.1) is 0 Å². The minimum Gasteiger partial charge on any atom is -0.497 e. The van der Waals surface area contributed by atoms with Gasteiger partial charge in [-0.1, -0.05) is 40.9 Å². The van der Waals surface area contributed by atoms with Gasteiger partial charge >= 0.3 is 0 Å². The summed E-state index contributed by atoms with van der Waals surface area (Å²) in [6.07, 6.45) is 1.65. The molecule has 24 heavy (non-hydrogen) atoms. The highest BCUT2D eigenvalue weighted by Gasteiger charge is 2.32. The SMILES string of the molecule is COc1ccc([C@@H]2N=CN[C@@H]2c2c(Cl)cc(OC)cc2Cl)c(Cl)c1. The lowest BCUT2D eigenvalue weighted by Gasteiger charge is -2.23. The van der Waals surface area contributed by atoms with Gasteiger partial charge in [-0.25, -0.2) is 0 Å². The van der Waals surface area contributed by atoms with Crippen molar-refractivity contribution in [3.63, 3.8) is 0 Å². The van der Waals surface area contributed by atoms with Gasteiger partial charge in [0, 0.05) is 10.6 Å². The molecule has 0 radical (unpaired) electrons. The van der Waals surface area contributed by atoms with E-state index in [1.54, 1.807) is 38.8 Å². The molecule has 0 saturated carbocycles. The second-order valence-electron chi connectivity index (χ2n) is 5.26. The number of nitrogens with one attached hydrogen (secondary N) is 1. The molecular weight excluding hydrogens is 371 g/mol. The lowest BCUT2D eigenvalue weighted by Crippen LogP contribution is -2.19. The van der Waals surface area contributed by atoms with Gasteiger partial charge in [0.05, 0.1) is 36.6 Å². The van der Waals surface area contributed by atoms with E-state index in [0.29, 0.717) is 26.6 Å². The van der Waals surface area contributed by atoms with Crippen LogP contribution in [0.5, 0.6) is 11.5 Å². The highest BCUT2D eigenvalue weighted by atomic mass is 35.5. The van der Waals surface area contributed by atoms with Gasteiger partial charge in [0.1, 0.15) is 17.5 Å². The molecule has 1 heterocycles. The molecule has 2 aromatic rings. The first-order valence-electron chi connectivity index (χ1n) is 7.19. The molecule has 0 fully saturated rings. The van der Waals surface area contributed by atoms with Crippen molar-refractivity contribution in [3.05, 3.63) is 56.5 Å². The summed E-state index contributed by atoms with van der Waals surface area (Å²) in [4.78, 5) is 4.49. The van der Waals surface area contributed by atoms with E-state index in [2.05, 4.69) is 10.3 Å². The van der Waals surface area contributed by atoms with Crippen molar-refractivity contribution in [1.29, 1.82) is 0 Å². The van der Waals surface area contributed by atoms with Gasteiger partial charge < -0.3 is 14.8 Å². The average molecular weight is 386 g/mol. The van der Waals surface area contributed by atoms with Crippen molar-refractivity contribution in [3.8, 4) is 11.5 Å². The number of halogens is 3. The molecule has 0 unspecified atom stereocenters. The van der Waals surface area contributed by atoms with Gasteiger partial charge in [-0.05, 0) is 29.8 Å². The van der Waals surface area contributed by atoms with Gasteiger partial charge in [0.25, 0.3) is 0 Å². The van der Waals surface area contributed by atoms with Crippen LogP contribution in [0.1, 0.15) is 23.2 Å². The van der Waals surface area contributed by atoms with E-state index in [-0.39, 0.29) is 12.1 Å². The van der Waals surface area contributed by atoms with Crippen molar-refractivity contribution in [2.75, 3.05) is 14.2 Å². The number of aliphatic imine (C=N–C) groups is 1. The van der Waals surface area contributed by atoms with Crippen LogP contribution in [0.15, 0.2) is 35.3 Å². The molecule has 2 atom stereocenters. The standard InChI is InChI=1S/C17H15Cl3N2O2/c1-23-9-3-4-11(12(18)5-9)16-17(22-8-21-16)15-13(19)6-10(24-2)7-14(15)20/h3-8,16-17H,1-2H3,(H,21,22)/t16-,17+/m0/s1. The molecule has 0 aliphatic carbocycles. The molecule has 0 spiro atoms. The Bertz CT molecular complexity index is 772. The third-order valence-corrected chi connectivity index (χ3v) is 4.88. The van der Waals surface area contributed by atoms with Crippen LogP contribution >= 0.6 is 34.8 Å². The Labute approximate surface area is 155 Å². The molecule has 7 heteroatoms. The van der Waals surface area contributed by atoms with Crippen molar-refractivity contribution < 1.29 is 9.47 Å². The maximum Gasteiger partial charge on any atom is 0.121 e. The number of methoxy groups -OCH3 is 2. The quantitative estimate of drug-likeness (QED) is 0.798. The molecular formula is C17H15Cl3N2O2. The summed E-state index contributed by atoms with van der Waals surface area (Å²) in [5.41, 5.74) is 1.63. The van der Waals surface area contributed by atoms with Crippen LogP contribution in [0.3, 0.4) is 0 Å². The maximum absolute atomic E-state index is 6.42. The van der Waals surface area contributed by atoms with Crippen LogP contribution in [0, 0.1) is 0 Å². The van der Waals surface area contributed by atoms with Crippen molar-refractivity contribution in [2.45, 2.75) is 12.1 Å². The Balaban J connectivity index is 2.01. The number of rotatable bonds is 4. The first kappa shape index (κ1) is 17.2. The zero-order valence-corrected chi connectivity index (χ0v) is 15.3. The lowest BCUT2D eigenvalue weighted by atomic mass is 9.94. The Morgan fingerprint density at radius 2 is 1.54 bits per heavy atom. The van der Waals surface area contributed by atoms with Crippen molar-refractivity contribution in [1.82, 2.24) is 5.32 Å². The van der Waals surface area contributed by atoms with Gasteiger partial charge in [-0.2, -0.15) is 0 Å². The molecule has 4 nitrogen and oxygen atoms in total. The van der Waals surface area contributed by atoms with Crippen LogP contribution in [-0.4, -0.2) is 20.6 Å². The third-order valence-electron chi connectivity index (χ3n) is 3.93. The molecule has 0 amide bonds. The zero-order valence-electron chi connectivity index (χ0n) is 13.0. The number of ether oxygens (including phenoxy) is 2. The van der Waals surface area contributed by atoms with E-state index < -0.39 is 0 Å². The molecule has 1 N–H and O–H groups in total. The second-order valence-corrected chi connectivity index (χ2v) is 6.48. The largest absolute Gasteiger partial charge is 0.497 e. The predicted octanol–water partition coefficient (Wildman–Crippen LogP) is 5.08. The van der Waals surface area contributed by atoms with E-state index in [0.717, 1.165) is 11.1 Å². The molecule has 2 aromatic carbocycles. The van der Waals surface area contributed by atoms with Gasteiger partial charge in [-0.3, -0.25) is 4.99 Å². The first-order chi connectivity index (χ1) is 11.5. The monoisotopic (exact) mass is 384 g/mol. The van der Waals surface area contributed by atoms with Crippen LogP contribution < -0.4 is 14.8 Å². The van der Waals surface area contributed by atoms with E-state index in [4.69, 9.17) is 44.3 Å². The smallest absolute Gasteiger partial charge is 0.121 e. The Kier molecular flexibility index (Phi) is 5.09. The van der Waals surface area contributed by atoms with Gasteiger partial charge in [0.15, 0.2) is 0 Å². The van der Waals surface area contributed by atoms with Crippen molar-refractivity contribution in [2.24, 2.45) is 4.99 Å². The summed E-state index contributed by atoms with van der Waals surface area (Å²) in [7, 11) is 3.17. The topological polar surface area (TPSA) is 42.8 Å². The molecule has 1 aliphatic heterocycles. The first-order valence-corrected chi connectivity index (χ1v) is 8.32. The second kappa shape index (κ2) is 7.09. The summed E-state index contributed by atoms with van der Waals surface area (Å²) in [6, 6.07) is 8.51. The average Bonchev–Trinajstić information content (AvgIpc) is 3.02. The number of benzene rings is 2. The van der Waals surface area contributed by atoms with Crippen LogP contribution in [0.4, 0.5) is 0 Å². The normalized spacial score (nSPS) is 19.2. The number of nitrogens with zero attached hydrogens (tertiary/aromatic N) is 1. The Morgan fingerprint density at radius 3 is 2.12 bits per heavy atom. The van der Waals surface area contributed by atoms with Crippen LogP contribution in [-0.2, 0) is 0 Å². The molecule has 1 aliphatic rings. The van der Waals surface area contributed by atoms with E-state index in [9.17, 15) is 0 Å². The zero-order chi connectivity index (χ0) is 17.3. The van der Waals surface area contributed by atoms with E-state index in [1.165, 1.54) is 0 Å². The van der Waals surface area contributed by atoms with E-state index in [1.807, 2.05) is 12.1 Å². The molecule has 3 rings (SSSR count). The summed E-state index contributed by atoms with van der Waals surface area (Å²) in [6.45, 7) is 0. The summed E-state index contributed by atoms with van der Waals surface area (Å²) < 4.78 is 10.4.